The summed E-state index contributed by atoms with van der Waals surface area (Å²) in [6.45, 7) is -0.391. The van der Waals surface area contributed by atoms with Crippen molar-refractivity contribution in [3.05, 3.63) is 0 Å². The van der Waals surface area contributed by atoms with Crippen molar-refractivity contribution in [1.29, 1.82) is 0 Å². The van der Waals surface area contributed by atoms with E-state index in [0.29, 0.717) is 4.90 Å². The van der Waals surface area contributed by atoms with Crippen molar-refractivity contribution in [3.8, 4) is 0 Å². The molecule has 0 saturated carbocycles. The minimum absolute atomic E-state index is 0.117. The molecule has 1 rings (SSSR count). The van der Waals surface area contributed by atoms with E-state index < -0.39 is 39.8 Å². The summed E-state index contributed by atoms with van der Waals surface area (Å²) in [6, 6.07) is -1.21. The summed E-state index contributed by atoms with van der Waals surface area (Å²) in [4.78, 5) is 23.4. The van der Waals surface area contributed by atoms with E-state index in [4.69, 9.17) is 0 Å². The van der Waals surface area contributed by atoms with Crippen molar-refractivity contribution in [2.45, 2.75) is 25.1 Å². The van der Waals surface area contributed by atoms with Gasteiger partial charge in [0.1, 0.15) is 6.04 Å². The van der Waals surface area contributed by atoms with Gasteiger partial charge < -0.3 is 10.2 Å². The van der Waals surface area contributed by atoms with Gasteiger partial charge in [-0.2, -0.15) is 13.2 Å². The molecule has 0 aliphatic carbocycles. The average molecular weight is 331 g/mol. The number of likely N-dealkylation sites (tertiary alicyclic amines) is 1. The zero-order chi connectivity index (χ0) is 16.3. The Kier molecular flexibility index (Phi) is 5.56. The highest BCUT2D eigenvalue weighted by molar-refractivity contribution is 7.89. The number of amides is 2. The lowest BCUT2D eigenvalue weighted by Gasteiger charge is -2.24. The zero-order valence-electron chi connectivity index (χ0n) is 11.2. The quantitative estimate of drug-likeness (QED) is 0.690. The fourth-order valence-electron chi connectivity index (χ4n) is 1.97. The highest BCUT2D eigenvalue weighted by Gasteiger charge is 2.47. The van der Waals surface area contributed by atoms with Crippen molar-refractivity contribution in [2.75, 3.05) is 25.9 Å². The highest BCUT2D eigenvalue weighted by atomic mass is 32.2. The van der Waals surface area contributed by atoms with E-state index in [0.717, 1.165) is 0 Å². The van der Waals surface area contributed by atoms with Crippen LogP contribution < -0.4 is 10.0 Å². The lowest BCUT2D eigenvalue weighted by molar-refractivity contribution is -0.186. The Balaban J connectivity index is 2.59. The monoisotopic (exact) mass is 331 g/mol. The number of hydrogen-bond acceptors (Lipinski definition) is 4. The van der Waals surface area contributed by atoms with Crippen molar-refractivity contribution in [3.63, 3.8) is 0 Å². The fraction of sp³-hybridized carbons (Fsp3) is 0.800. The Morgan fingerprint density at radius 1 is 1.33 bits per heavy atom. The molecule has 122 valence electrons. The number of carbonyl (C=O) groups is 2. The maximum absolute atomic E-state index is 12.4. The molecule has 11 heteroatoms. The molecule has 1 aliphatic heterocycles. The molecule has 1 unspecified atom stereocenters. The highest BCUT2D eigenvalue weighted by Crippen LogP contribution is 2.25. The SMILES string of the molecule is CNS(=O)(=O)CCNC(=O)C1CCCN1C(=O)C(F)(F)F. The van der Waals surface area contributed by atoms with Gasteiger partial charge in [-0.15, -0.1) is 0 Å². The van der Waals surface area contributed by atoms with E-state index in [1.807, 2.05) is 4.72 Å². The summed E-state index contributed by atoms with van der Waals surface area (Å²) in [5.41, 5.74) is 0. The molecule has 0 radical (unpaired) electrons. The summed E-state index contributed by atoms with van der Waals surface area (Å²) in [5, 5.41) is 2.23. The number of carbonyl (C=O) groups excluding carboxylic acids is 2. The predicted octanol–water partition coefficient (Wildman–Crippen LogP) is -0.795. The fourth-order valence-corrected chi connectivity index (χ4v) is 2.55. The van der Waals surface area contributed by atoms with Crippen molar-refractivity contribution >= 4 is 21.8 Å². The van der Waals surface area contributed by atoms with E-state index >= 15 is 0 Å². The second-order valence-corrected chi connectivity index (χ2v) is 6.51. The van der Waals surface area contributed by atoms with E-state index in [1.165, 1.54) is 7.05 Å². The maximum Gasteiger partial charge on any atom is 0.471 e. The van der Waals surface area contributed by atoms with Gasteiger partial charge in [0.15, 0.2) is 0 Å². The minimum Gasteiger partial charge on any atom is -0.353 e. The number of halogens is 3. The molecule has 1 aliphatic rings. The number of hydrogen-bond donors (Lipinski definition) is 2. The normalized spacial score (nSPS) is 19.6. The Bertz CT molecular complexity index is 506. The lowest BCUT2D eigenvalue weighted by atomic mass is 10.2. The maximum atomic E-state index is 12.4. The summed E-state index contributed by atoms with van der Waals surface area (Å²) >= 11 is 0. The van der Waals surface area contributed by atoms with Crippen LogP contribution in [0, 0.1) is 0 Å². The second-order valence-electron chi connectivity index (χ2n) is 4.47. The van der Waals surface area contributed by atoms with Crippen molar-refractivity contribution < 1.29 is 31.2 Å². The Labute approximate surface area is 119 Å². The minimum atomic E-state index is -5.03. The third kappa shape index (κ3) is 4.84. The summed E-state index contributed by atoms with van der Waals surface area (Å²) < 4.78 is 61.4. The van der Waals surface area contributed by atoms with Crippen LogP contribution in [0.25, 0.3) is 0 Å². The van der Waals surface area contributed by atoms with E-state index in [9.17, 15) is 31.2 Å². The summed E-state index contributed by atoms with van der Waals surface area (Å²) in [7, 11) is -2.31. The molecular weight excluding hydrogens is 315 g/mol. The summed E-state index contributed by atoms with van der Waals surface area (Å²) in [6.07, 6.45) is -4.63. The third-order valence-corrected chi connectivity index (χ3v) is 4.40. The first-order valence-electron chi connectivity index (χ1n) is 6.15. The van der Waals surface area contributed by atoms with Gasteiger partial charge in [-0.1, -0.05) is 0 Å². The van der Waals surface area contributed by atoms with Crippen molar-refractivity contribution in [2.24, 2.45) is 0 Å². The number of sulfonamides is 1. The molecule has 1 heterocycles. The number of nitrogens with one attached hydrogen (secondary N) is 2. The molecule has 1 saturated heterocycles. The second kappa shape index (κ2) is 6.60. The van der Waals surface area contributed by atoms with Gasteiger partial charge in [-0.05, 0) is 19.9 Å². The molecule has 0 aromatic carbocycles. The number of rotatable bonds is 5. The van der Waals surface area contributed by atoms with E-state index in [1.54, 1.807) is 0 Å². The number of nitrogens with zero attached hydrogens (tertiary/aromatic N) is 1. The topological polar surface area (TPSA) is 95.6 Å². The van der Waals surface area contributed by atoms with Gasteiger partial charge in [0, 0.05) is 13.1 Å². The first kappa shape index (κ1) is 17.7. The van der Waals surface area contributed by atoms with Gasteiger partial charge in [-0.3, -0.25) is 9.59 Å². The van der Waals surface area contributed by atoms with Gasteiger partial charge >= 0.3 is 12.1 Å². The first-order valence-corrected chi connectivity index (χ1v) is 7.80. The van der Waals surface area contributed by atoms with Gasteiger partial charge in [0.05, 0.1) is 5.75 Å². The van der Waals surface area contributed by atoms with E-state index in [2.05, 4.69) is 5.32 Å². The van der Waals surface area contributed by atoms with Gasteiger partial charge in [-0.25, -0.2) is 13.1 Å². The van der Waals surface area contributed by atoms with E-state index in [-0.39, 0.29) is 25.9 Å². The molecule has 1 fully saturated rings. The van der Waals surface area contributed by atoms with Crippen LogP contribution in [0.15, 0.2) is 0 Å². The molecule has 7 nitrogen and oxygen atoms in total. The Morgan fingerprint density at radius 3 is 2.48 bits per heavy atom. The Hall–Kier alpha value is -1.36. The molecule has 0 spiro atoms. The van der Waals surface area contributed by atoms with Crippen LogP contribution in [-0.4, -0.2) is 63.2 Å². The van der Waals surface area contributed by atoms with Crippen LogP contribution in [0.1, 0.15) is 12.8 Å². The standard InChI is InChI=1S/C10H16F3N3O4S/c1-14-21(19,20)6-4-15-8(17)7-3-2-5-16(7)9(18)10(11,12)13/h7,14H,2-6H2,1H3,(H,15,17). The lowest BCUT2D eigenvalue weighted by Crippen LogP contribution is -2.50. The van der Waals surface area contributed by atoms with Gasteiger partial charge in [0.2, 0.25) is 15.9 Å². The largest absolute Gasteiger partial charge is 0.471 e. The molecule has 2 N–H and O–H groups in total. The smallest absolute Gasteiger partial charge is 0.353 e. The Morgan fingerprint density at radius 2 is 1.95 bits per heavy atom. The molecule has 2 amide bonds. The van der Waals surface area contributed by atoms with Crippen LogP contribution in [0.5, 0.6) is 0 Å². The first-order chi connectivity index (χ1) is 9.58. The predicted molar refractivity (Wildman–Crippen MR) is 66.6 cm³/mol. The van der Waals surface area contributed by atoms with Crippen LogP contribution in [0.3, 0.4) is 0 Å². The van der Waals surface area contributed by atoms with Crippen LogP contribution >= 0.6 is 0 Å². The molecule has 21 heavy (non-hydrogen) atoms. The van der Waals surface area contributed by atoms with Crippen LogP contribution in [-0.2, 0) is 19.6 Å². The summed E-state index contributed by atoms with van der Waals surface area (Å²) in [5.74, 6) is -3.23. The molecule has 0 aromatic rings. The molecular formula is C10H16F3N3O4S. The molecule has 1 atom stereocenters. The van der Waals surface area contributed by atoms with Crippen molar-refractivity contribution in [1.82, 2.24) is 14.9 Å². The molecule has 0 bridgehead atoms. The molecule has 0 aromatic heterocycles. The third-order valence-electron chi connectivity index (χ3n) is 3.04. The van der Waals surface area contributed by atoms with Gasteiger partial charge in [0.25, 0.3) is 0 Å². The number of alkyl halides is 3. The zero-order valence-corrected chi connectivity index (χ0v) is 12.1. The van der Waals surface area contributed by atoms with Crippen LogP contribution in [0.4, 0.5) is 13.2 Å². The average Bonchev–Trinajstić information content (AvgIpc) is 2.85. The van der Waals surface area contributed by atoms with Crippen LogP contribution in [0.2, 0.25) is 0 Å².